The average molecular weight is 345 g/mol. The Hall–Kier alpha value is -1.49. The third-order valence-electron chi connectivity index (χ3n) is 3.67. The lowest BCUT2D eigenvalue weighted by Crippen LogP contribution is -2.52. The van der Waals surface area contributed by atoms with E-state index in [1.54, 1.807) is 6.92 Å². The molecule has 0 atom stereocenters. The predicted octanol–water partition coefficient (Wildman–Crippen LogP) is -0.762. The van der Waals surface area contributed by atoms with Gasteiger partial charge in [0.05, 0.1) is 0 Å². The van der Waals surface area contributed by atoms with Gasteiger partial charge in [0.25, 0.3) is 0 Å². The summed E-state index contributed by atoms with van der Waals surface area (Å²) in [6.45, 7) is 6.41. The Labute approximate surface area is 136 Å². The second-order valence-corrected chi connectivity index (χ2v) is 7.33. The molecule has 0 aliphatic carbocycles. The van der Waals surface area contributed by atoms with E-state index in [0.29, 0.717) is 5.69 Å². The van der Waals surface area contributed by atoms with E-state index < -0.39 is 10.0 Å². The van der Waals surface area contributed by atoms with Crippen molar-refractivity contribution in [1.82, 2.24) is 25.2 Å². The van der Waals surface area contributed by atoms with Gasteiger partial charge in [0.1, 0.15) is 10.6 Å². The van der Waals surface area contributed by atoms with Crippen molar-refractivity contribution >= 4 is 15.9 Å². The highest BCUT2D eigenvalue weighted by Crippen LogP contribution is 2.18. The summed E-state index contributed by atoms with van der Waals surface area (Å²) in [5.74, 6) is 0.0212. The molecule has 1 aromatic heterocycles. The van der Waals surface area contributed by atoms with E-state index in [1.807, 2.05) is 12.1 Å². The maximum atomic E-state index is 12.2. The van der Waals surface area contributed by atoms with Gasteiger partial charge in [-0.1, -0.05) is 5.16 Å². The Kier molecular flexibility index (Phi) is 5.74. The van der Waals surface area contributed by atoms with Crippen LogP contribution in [0.2, 0.25) is 0 Å². The van der Waals surface area contributed by atoms with Crippen LogP contribution < -0.4 is 10.1 Å². The smallest absolute Gasteiger partial charge is 0.245 e. The minimum Gasteiger partial charge on any atom is -0.360 e. The summed E-state index contributed by atoms with van der Waals surface area (Å²) in [7, 11) is -1.69. The molecule has 0 aromatic carbocycles. The molecule has 1 aromatic rings. The lowest BCUT2D eigenvalue weighted by Gasteiger charge is -2.32. The van der Waals surface area contributed by atoms with Crippen molar-refractivity contribution in [2.75, 3.05) is 39.8 Å². The van der Waals surface area contributed by atoms with Crippen molar-refractivity contribution in [3.8, 4) is 0 Å². The van der Waals surface area contributed by atoms with Gasteiger partial charge in [-0.15, -0.1) is 0 Å². The first kappa shape index (κ1) is 17.9. The number of carbonyl (C=O) groups excluding carboxylic acids is 1. The zero-order valence-corrected chi connectivity index (χ0v) is 14.4. The number of nitrogens with one attached hydrogen (secondary N) is 2. The molecule has 1 saturated heterocycles. The first-order chi connectivity index (χ1) is 10.8. The molecule has 2 N–H and O–H groups in total. The Morgan fingerprint density at radius 2 is 1.91 bits per heavy atom. The van der Waals surface area contributed by atoms with Crippen LogP contribution in [0.1, 0.15) is 17.9 Å². The molecule has 1 amide bonds. The number of amides is 1. The molecule has 0 unspecified atom stereocenters. The van der Waals surface area contributed by atoms with Crippen molar-refractivity contribution in [2.24, 2.45) is 0 Å². The molecule has 0 radical (unpaired) electrons. The van der Waals surface area contributed by atoms with Crippen LogP contribution in [0.15, 0.2) is 9.42 Å². The summed E-state index contributed by atoms with van der Waals surface area (Å²) in [6.07, 6.45) is 0.0644. The number of nitrogens with zero attached hydrogens (tertiary/aromatic N) is 3. The Bertz CT molecular complexity index is 630. The summed E-state index contributed by atoms with van der Waals surface area (Å²) in [6, 6.07) is 0. The molecule has 0 spiro atoms. The quantitative estimate of drug-likeness (QED) is 0.697. The van der Waals surface area contributed by atoms with E-state index in [-0.39, 0.29) is 29.5 Å². The molecule has 9 nitrogen and oxygen atoms in total. The van der Waals surface area contributed by atoms with Crippen LogP contribution in [0.4, 0.5) is 0 Å². The van der Waals surface area contributed by atoms with E-state index in [4.69, 9.17) is 4.52 Å². The number of aromatic nitrogens is 1. The van der Waals surface area contributed by atoms with Crippen LogP contribution in [0, 0.1) is 13.8 Å². The molecule has 0 bridgehead atoms. The van der Waals surface area contributed by atoms with Gasteiger partial charge < -0.3 is 9.42 Å². The number of likely N-dealkylation sites (N-methyl/N-ethyl adjacent to an activating group) is 1. The number of hydrogen-bond donors (Lipinski definition) is 2. The highest BCUT2D eigenvalue weighted by molar-refractivity contribution is 7.89. The third-order valence-corrected chi connectivity index (χ3v) is 5.37. The fraction of sp³-hybridized carbons (Fsp3) is 0.692. The van der Waals surface area contributed by atoms with Crippen LogP contribution in [0.5, 0.6) is 0 Å². The van der Waals surface area contributed by atoms with Crippen LogP contribution in [-0.4, -0.2) is 69.2 Å². The summed E-state index contributed by atoms with van der Waals surface area (Å²) in [4.78, 5) is 14.1. The molecule has 1 aliphatic rings. The predicted molar refractivity (Wildman–Crippen MR) is 83.0 cm³/mol. The monoisotopic (exact) mass is 345 g/mol. The maximum Gasteiger partial charge on any atom is 0.245 e. The molecule has 23 heavy (non-hydrogen) atoms. The van der Waals surface area contributed by atoms with Gasteiger partial charge in [0.15, 0.2) is 5.76 Å². The number of rotatable bonds is 6. The Morgan fingerprint density at radius 3 is 2.48 bits per heavy atom. The van der Waals surface area contributed by atoms with Gasteiger partial charge >= 0.3 is 0 Å². The van der Waals surface area contributed by atoms with Crippen LogP contribution in [0.3, 0.4) is 0 Å². The zero-order chi connectivity index (χ0) is 17.0. The maximum absolute atomic E-state index is 12.2. The summed E-state index contributed by atoms with van der Waals surface area (Å²) in [5.41, 5.74) is 3.09. The number of hydrazine groups is 1. The minimum absolute atomic E-state index is 0.0198. The topological polar surface area (TPSA) is 108 Å². The lowest BCUT2D eigenvalue weighted by molar-refractivity contribution is -0.126. The van der Waals surface area contributed by atoms with Gasteiger partial charge in [-0.05, 0) is 20.9 Å². The average Bonchev–Trinajstić information content (AvgIpc) is 2.81. The molecule has 130 valence electrons. The molecular formula is C13H23N5O4S. The summed E-state index contributed by atoms with van der Waals surface area (Å²) in [5, 5.41) is 5.48. The fourth-order valence-corrected chi connectivity index (χ4v) is 3.74. The van der Waals surface area contributed by atoms with E-state index in [1.165, 1.54) is 6.92 Å². The number of piperazine rings is 1. The molecule has 2 rings (SSSR count). The summed E-state index contributed by atoms with van der Waals surface area (Å²) >= 11 is 0. The van der Waals surface area contributed by atoms with E-state index >= 15 is 0 Å². The van der Waals surface area contributed by atoms with Crippen LogP contribution in [0.25, 0.3) is 0 Å². The van der Waals surface area contributed by atoms with Crippen molar-refractivity contribution in [3.63, 3.8) is 0 Å². The van der Waals surface area contributed by atoms with Crippen molar-refractivity contribution in [2.45, 2.75) is 25.2 Å². The number of hydrogen-bond acceptors (Lipinski definition) is 7. The highest BCUT2D eigenvalue weighted by atomic mass is 32.2. The van der Waals surface area contributed by atoms with Crippen molar-refractivity contribution in [3.05, 3.63) is 11.5 Å². The van der Waals surface area contributed by atoms with Gasteiger partial charge in [-0.2, -0.15) is 0 Å². The van der Waals surface area contributed by atoms with Crippen molar-refractivity contribution in [1.29, 1.82) is 0 Å². The molecule has 2 heterocycles. The largest absolute Gasteiger partial charge is 0.360 e. The highest BCUT2D eigenvalue weighted by Gasteiger charge is 2.24. The fourth-order valence-electron chi connectivity index (χ4n) is 2.38. The molecule has 1 fully saturated rings. The molecule has 10 heteroatoms. The minimum atomic E-state index is -3.72. The Morgan fingerprint density at radius 1 is 1.26 bits per heavy atom. The molecule has 0 saturated carbocycles. The van der Waals surface area contributed by atoms with Crippen molar-refractivity contribution < 1.29 is 17.7 Å². The van der Waals surface area contributed by atoms with Gasteiger partial charge in [-0.25, -0.2) is 18.1 Å². The van der Waals surface area contributed by atoms with Gasteiger partial charge in [-0.3, -0.25) is 10.2 Å². The first-order valence-electron chi connectivity index (χ1n) is 7.45. The molecule has 1 aliphatic heterocycles. The standard InChI is InChI=1S/C13H23N5O4S/c1-10-13(11(2)22-16-10)23(20,21)14-5-4-12(19)15-18-8-6-17(3)7-9-18/h14H,4-9H2,1-3H3,(H,15,19). The van der Waals surface area contributed by atoms with Gasteiger partial charge in [0, 0.05) is 39.1 Å². The van der Waals surface area contributed by atoms with E-state index in [2.05, 4.69) is 20.2 Å². The zero-order valence-electron chi connectivity index (χ0n) is 13.6. The van der Waals surface area contributed by atoms with Crippen LogP contribution >= 0.6 is 0 Å². The second-order valence-electron chi connectivity index (χ2n) is 5.63. The summed E-state index contributed by atoms with van der Waals surface area (Å²) < 4.78 is 31.6. The Balaban J connectivity index is 1.79. The number of sulfonamides is 1. The van der Waals surface area contributed by atoms with E-state index in [0.717, 1.165) is 26.2 Å². The van der Waals surface area contributed by atoms with E-state index in [9.17, 15) is 13.2 Å². The van der Waals surface area contributed by atoms with Crippen LogP contribution in [-0.2, 0) is 14.8 Å². The normalized spacial score (nSPS) is 17.3. The van der Waals surface area contributed by atoms with Gasteiger partial charge in [0.2, 0.25) is 15.9 Å². The number of aryl methyl sites for hydroxylation is 2. The third kappa shape index (κ3) is 4.74. The molecular weight excluding hydrogens is 322 g/mol. The lowest BCUT2D eigenvalue weighted by atomic mass is 10.4. The second kappa shape index (κ2) is 7.39. The first-order valence-corrected chi connectivity index (χ1v) is 8.93. The number of carbonyl (C=O) groups is 1. The SMILES string of the molecule is Cc1noc(C)c1S(=O)(=O)NCCC(=O)NN1CCN(C)CC1.